The molecule has 0 saturated heterocycles. The molecule has 9 nitrogen and oxygen atoms in total. The van der Waals surface area contributed by atoms with Crippen molar-refractivity contribution in [3.05, 3.63) is 59.5 Å². The van der Waals surface area contributed by atoms with Crippen LogP contribution in [0.4, 0.5) is 5.82 Å². The van der Waals surface area contributed by atoms with Gasteiger partial charge in [-0.15, -0.1) is 5.10 Å². The molecular formula is C23H24N8O. The molecule has 0 bridgehead atoms. The highest BCUT2D eigenvalue weighted by Gasteiger charge is 2.25. The SMILES string of the molecule is Cc1ccccc1C(=O)NCc1ccc(-c2nn(C3CCCC3)c3ncnc(N)c23)nn1. The van der Waals surface area contributed by atoms with Gasteiger partial charge in [-0.05, 0) is 43.5 Å². The molecule has 1 aliphatic rings. The number of nitrogens with two attached hydrogens (primary N) is 1. The fraction of sp³-hybridized carbons (Fsp3) is 0.304. The molecule has 3 aromatic heterocycles. The van der Waals surface area contributed by atoms with E-state index in [4.69, 9.17) is 10.8 Å². The van der Waals surface area contributed by atoms with E-state index in [0.29, 0.717) is 39.9 Å². The summed E-state index contributed by atoms with van der Waals surface area (Å²) >= 11 is 0. The van der Waals surface area contributed by atoms with Gasteiger partial charge >= 0.3 is 0 Å². The predicted molar refractivity (Wildman–Crippen MR) is 121 cm³/mol. The topological polar surface area (TPSA) is 124 Å². The van der Waals surface area contributed by atoms with Gasteiger partial charge in [0.25, 0.3) is 5.91 Å². The number of hydrogen-bond acceptors (Lipinski definition) is 7. The number of aromatic nitrogens is 6. The first-order valence-electron chi connectivity index (χ1n) is 10.8. The Hall–Kier alpha value is -3.88. The number of amides is 1. The zero-order chi connectivity index (χ0) is 22.1. The van der Waals surface area contributed by atoms with E-state index in [1.807, 2.05) is 41.9 Å². The van der Waals surface area contributed by atoms with E-state index in [2.05, 4.69) is 25.5 Å². The number of fused-ring (bicyclic) bond motifs is 1. The van der Waals surface area contributed by atoms with Crippen LogP contribution in [0.3, 0.4) is 0 Å². The highest BCUT2D eigenvalue weighted by atomic mass is 16.1. The van der Waals surface area contributed by atoms with Gasteiger partial charge in [0.1, 0.15) is 23.5 Å². The van der Waals surface area contributed by atoms with Gasteiger partial charge in [-0.1, -0.05) is 31.0 Å². The van der Waals surface area contributed by atoms with E-state index in [1.165, 1.54) is 19.2 Å². The van der Waals surface area contributed by atoms with Crippen LogP contribution in [0.25, 0.3) is 22.4 Å². The van der Waals surface area contributed by atoms with Crippen molar-refractivity contribution in [2.75, 3.05) is 5.73 Å². The van der Waals surface area contributed by atoms with Crippen molar-refractivity contribution in [3.63, 3.8) is 0 Å². The second-order valence-corrected chi connectivity index (χ2v) is 8.10. The van der Waals surface area contributed by atoms with Crippen LogP contribution in [-0.2, 0) is 6.54 Å². The molecule has 1 amide bonds. The molecule has 1 fully saturated rings. The Kier molecular flexibility index (Phi) is 5.22. The summed E-state index contributed by atoms with van der Waals surface area (Å²) in [6.45, 7) is 2.19. The second-order valence-electron chi connectivity index (χ2n) is 8.10. The van der Waals surface area contributed by atoms with Gasteiger partial charge in [-0.2, -0.15) is 10.2 Å². The number of rotatable bonds is 5. The number of benzene rings is 1. The molecule has 32 heavy (non-hydrogen) atoms. The average molecular weight is 429 g/mol. The van der Waals surface area contributed by atoms with Crippen molar-refractivity contribution >= 4 is 22.8 Å². The third kappa shape index (κ3) is 3.66. The minimum atomic E-state index is -0.139. The Balaban J connectivity index is 1.39. The van der Waals surface area contributed by atoms with Crippen molar-refractivity contribution in [2.45, 2.75) is 45.2 Å². The van der Waals surface area contributed by atoms with Crippen molar-refractivity contribution in [1.29, 1.82) is 0 Å². The maximum Gasteiger partial charge on any atom is 0.251 e. The minimum absolute atomic E-state index is 0.139. The van der Waals surface area contributed by atoms with Crippen LogP contribution in [0.1, 0.15) is 53.3 Å². The summed E-state index contributed by atoms with van der Waals surface area (Å²) in [7, 11) is 0. The molecule has 0 unspecified atom stereocenters. The first kappa shape index (κ1) is 20.0. The summed E-state index contributed by atoms with van der Waals surface area (Å²) in [5, 5.41) is 17.1. The summed E-state index contributed by atoms with van der Waals surface area (Å²) in [5.74, 6) is 0.241. The smallest absolute Gasteiger partial charge is 0.251 e. The number of nitrogen functional groups attached to an aromatic ring is 1. The lowest BCUT2D eigenvalue weighted by molar-refractivity contribution is 0.0949. The summed E-state index contributed by atoms with van der Waals surface area (Å²) in [5.41, 5.74) is 10.4. The molecule has 3 heterocycles. The molecule has 1 saturated carbocycles. The molecule has 9 heteroatoms. The number of nitrogens with one attached hydrogen (secondary N) is 1. The van der Waals surface area contributed by atoms with Crippen molar-refractivity contribution in [2.24, 2.45) is 0 Å². The van der Waals surface area contributed by atoms with Gasteiger partial charge in [-0.25, -0.2) is 14.6 Å². The molecule has 3 N–H and O–H groups in total. The fourth-order valence-corrected chi connectivity index (χ4v) is 4.25. The highest BCUT2D eigenvalue weighted by Crippen LogP contribution is 2.35. The number of aryl methyl sites for hydroxylation is 1. The lowest BCUT2D eigenvalue weighted by Gasteiger charge is -2.10. The highest BCUT2D eigenvalue weighted by molar-refractivity contribution is 5.97. The number of nitrogens with zero attached hydrogens (tertiary/aromatic N) is 6. The van der Waals surface area contributed by atoms with Crippen LogP contribution >= 0.6 is 0 Å². The van der Waals surface area contributed by atoms with E-state index in [0.717, 1.165) is 24.1 Å². The predicted octanol–water partition coefficient (Wildman–Crippen LogP) is 3.22. The van der Waals surface area contributed by atoms with Crippen molar-refractivity contribution in [3.8, 4) is 11.4 Å². The maximum atomic E-state index is 12.4. The van der Waals surface area contributed by atoms with E-state index in [1.54, 1.807) is 6.07 Å². The number of hydrogen-bond donors (Lipinski definition) is 2. The summed E-state index contributed by atoms with van der Waals surface area (Å²) in [4.78, 5) is 21.0. The summed E-state index contributed by atoms with van der Waals surface area (Å²) in [6, 6.07) is 11.5. The van der Waals surface area contributed by atoms with E-state index >= 15 is 0 Å². The molecule has 5 rings (SSSR count). The molecule has 0 radical (unpaired) electrons. The van der Waals surface area contributed by atoms with Crippen molar-refractivity contribution < 1.29 is 4.79 Å². The molecule has 4 aromatic rings. The Morgan fingerprint density at radius 3 is 2.69 bits per heavy atom. The van der Waals surface area contributed by atoms with Crippen molar-refractivity contribution in [1.82, 2.24) is 35.3 Å². The first-order valence-corrected chi connectivity index (χ1v) is 10.8. The van der Waals surface area contributed by atoms with E-state index in [-0.39, 0.29) is 12.5 Å². The average Bonchev–Trinajstić information content (AvgIpc) is 3.47. The number of carbonyl (C=O) groups is 1. The Morgan fingerprint density at radius 2 is 1.94 bits per heavy atom. The monoisotopic (exact) mass is 428 g/mol. The molecule has 0 atom stereocenters. The van der Waals surface area contributed by atoms with Gasteiger partial charge < -0.3 is 11.1 Å². The lowest BCUT2D eigenvalue weighted by atomic mass is 10.1. The lowest BCUT2D eigenvalue weighted by Crippen LogP contribution is -2.24. The largest absolute Gasteiger partial charge is 0.383 e. The second kappa shape index (κ2) is 8.33. The van der Waals surface area contributed by atoms with Gasteiger partial charge in [0.15, 0.2) is 5.65 Å². The Morgan fingerprint density at radius 1 is 1.12 bits per heavy atom. The van der Waals surface area contributed by atoms with Gasteiger partial charge in [0.05, 0.1) is 23.7 Å². The number of carbonyl (C=O) groups excluding carboxylic acids is 1. The standard InChI is InChI=1S/C23H24N8O/c1-14-6-2-5-9-17(14)23(32)25-12-15-10-11-18(29-28-15)20-19-21(24)26-13-27-22(19)31(30-20)16-7-3-4-8-16/h2,5-6,9-11,13,16H,3-4,7-8,12H2,1H3,(H,25,32)(H2,24,26,27). The zero-order valence-corrected chi connectivity index (χ0v) is 17.8. The molecule has 0 aliphatic heterocycles. The molecular weight excluding hydrogens is 404 g/mol. The third-order valence-corrected chi connectivity index (χ3v) is 5.97. The number of anilines is 1. The van der Waals surface area contributed by atoms with Crippen LogP contribution in [0.15, 0.2) is 42.7 Å². The summed E-state index contributed by atoms with van der Waals surface area (Å²) in [6.07, 6.45) is 5.99. The fourth-order valence-electron chi connectivity index (χ4n) is 4.25. The molecule has 1 aromatic carbocycles. The van der Waals surface area contributed by atoms with Crippen LogP contribution in [-0.4, -0.2) is 35.9 Å². The summed E-state index contributed by atoms with van der Waals surface area (Å²) < 4.78 is 1.97. The maximum absolute atomic E-state index is 12.4. The first-order chi connectivity index (χ1) is 15.6. The van der Waals surface area contributed by atoms with E-state index < -0.39 is 0 Å². The normalized spacial score (nSPS) is 14.2. The zero-order valence-electron chi connectivity index (χ0n) is 17.8. The van der Waals surface area contributed by atoms with Crippen LogP contribution in [0.5, 0.6) is 0 Å². The third-order valence-electron chi connectivity index (χ3n) is 5.97. The van der Waals surface area contributed by atoms with Gasteiger partial charge in [0.2, 0.25) is 0 Å². The van der Waals surface area contributed by atoms with E-state index in [9.17, 15) is 4.79 Å². The van der Waals surface area contributed by atoms with Gasteiger partial charge in [-0.3, -0.25) is 4.79 Å². The Bertz CT molecular complexity index is 1280. The minimum Gasteiger partial charge on any atom is -0.383 e. The molecule has 162 valence electrons. The van der Waals surface area contributed by atoms with Crippen LogP contribution < -0.4 is 11.1 Å². The van der Waals surface area contributed by atoms with Gasteiger partial charge in [0, 0.05) is 5.56 Å². The molecule has 1 aliphatic carbocycles. The van der Waals surface area contributed by atoms with Crippen LogP contribution in [0, 0.1) is 6.92 Å². The molecule has 0 spiro atoms. The Labute approximate surface area is 185 Å². The quantitative estimate of drug-likeness (QED) is 0.500. The van der Waals surface area contributed by atoms with Crippen LogP contribution in [0.2, 0.25) is 0 Å².